The zero-order valence-electron chi connectivity index (χ0n) is 9.93. The number of benzene rings is 1. The topological polar surface area (TPSA) is 20.2 Å². The van der Waals surface area contributed by atoms with Gasteiger partial charge in [0.1, 0.15) is 5.82 Å². The van der Waals surface area contributed by atoms with E-state index in [1.54, 1.807) is 18.2 Å². The van der Waals surface area contributed by atoms with Gasteiger partial charge in [-0.05, 0) is 12.1 Å². The molecule has 0 fully saturated rings. The minimum atomic E-state index is -1.47. The van der Waals surface area contributed by atoms with Gasteiger partial charge in [0.15, 0.2) is 0 Å². The molecule has 0 heterocycles. The number of halogens is 2. The van der Waals surface area contributed by atoms with Crippen molar-refractivity contribution < 1.29 is 9.50 Å². The van der Waals surface area contributed by atoms with Crippen LogP contribution in [0.1, 0.15) is 5.56 Å². The monoisotopic (exact) mass is 304 g/mol. The van der Waals surface area contributed by atoms with E-state index < -0.39 is 13.7 Å². The third-order valence-electron chi connectivity index (χ3n) is 2.42. The molecule has 16 heavy (non-hydrogen) atoms. The fourth-order valence-corrected chi connectivity index (χ4v) is 4.87. The van der Waals surface area contributed by atoms with E-state index in [0.29, 0.717) is 16.9 Å². The Morgan fingerprint density at radius 3 is 2.31 bits per heavy atom. The normalized spacial score (nSPS) is 15.9. The van der Waals surface area contributed by atoms with Crippen LogP contribution in [-0.2, 0) is 5.60 Å². The Morgan fingerprint density at radius 2 is 1.88 bits per heavy atom. The maximum atomic E-state index is 13.7. The maximum absolute atomic E-state index is 13.7. The smallest absolute Gasteiger partial charge is 0.129 e. The second-order valence-electron chi connectivity index (χ2n) is 5.38. The second kappa shape index (κ2) is 4.98. The molecule has 0 aliphatic carbocycles. The van der Waals surface area contributed by atoms with E-state index in [1.165, 1.54) is 6.07 Å². The summed E-state index contributed by atoms with van der Waals surface area (Å²) < 4.78 is 13.7. The summed E-state index contributed by atoms with van der Waals surface area (Å²) >= 11 is 3.30. The predicted octanol–water partition coefficient (Wildman–Crippen LogP) is 3.75. The predicted molar refractivity (Wildman–Crippen MR) is 72.2 cm³/mol. The molecule has 0 aliphatic heterocycles. The first-order chi connectivity index (χ1) is 7.28. The van der Waals surface area contributed by atoms with E-state index in [2.05, 4.69) is 35.6 Å². The van der Waals surface area contributed by atoms with Gasteiger partial charge in [0.2, 0.25) is 0 Å². The minimum Gasteiger partial charge on any atom is -0.384 e. The highest BCUT2D eigenvalue weighted by atomic mass is 79.9. The van der Waals surface area contributed by atoms with E-state index in [9.17, 15) is 9.50 Å². The van der Waals surface area contributed by atoms with Gasteiger partial charge < -0.3 is 5.11 Å². The molecule has 0 spiro atoms. The third-order valence-corrected chi connectivity index (χ3v) is 4.99. The summed E-state index contributed by atoms with van der Waals surface area (Å²) in [5, 5.41) is 10.9. The zero-order valence-corrected chi connectivity index (χ0v) is 12.5. The largest absolute Gasteiger partial charge is 0.384 e. The lowest BCUT2D eigenvalue weighted by Gasteiger charge is -2.32. The molecular formula is C12H18BrFOSi. The van der Waals surface area contributed by atoms with Crippen LogP contribution in [0.3, 0.4) is 0 Å². The molecule has 1 aromatic carbocycles. The molecule has 1 atom stereocenters. The molecule has 4 heteroatoms. The van der Waals surface area contributed by atoms with Crippen molar-refractivity contribution in [3.8, 4) is 0 Å². The quantitative estimate of drug-likeness (QED) is 0.663. The summed E-state index contributed by atoms with van der Waals surface area (Å²) in [6.45, 7) is 6.50. The summed E-state index contributed by atoms with van der Waals surface area (Å²) in [6.07, 6.45) is 0. The van der Waals surface area contributed by atoms with Crippen LogP contribution in [-0.4, -0.2) is 18.5 Å². The van der Waals surface area contributed by atoms with Gasteiger partial charge in [-0.15, -0.1) is 0 Å². The van der Waals surface area contributed by atoms with Crippen molar-refractivity contribution in [1.82, 2.24) is 0 Å². The van der Waals surface area contributed by atoms with Crippen molar-refractivity contribution in [2.75, 3.05) is 5.33 Å². The van der Waals surface area contributed by atoms with Crippen LogP contribution in [0.15, 0.2) is 24.3 Å². The van der Waals surface area contributed by atoms with Gasteiger partial charge in [0.05, 0.1) is 5.60 Å². The van der Waals surface area contributed by atoms with Crippen LogP contribution in [0, 0.1) is 5.82 Å². The van der Waals surface area contributed by atoms with Gasteiger partial charge in [0, 0.05) is 19.0 Å². The molecular weight excluding hydrogens is 287 g/mol. The fourth-order valence-electron chi connectivity index (χ4n) is 1.93. The van der Waals surface area contributed by atoms with Crippen molar-refractivity contribution in [3.05, 3.63) is 35.6 Å². The highest BCUT2D eigenvalue weighted by Gasteiger charge is 2.35. The van der Waals surface area contributed by atoms with Crippen LogP contribution < -0.4 is 0 Å². The van der Waals surface area contributed by atoms with Crippen LogP contribution in [0.4, 0.5) is 4.39 Å². The van der Waals surface area contributed by atoms with E-state index in [-0.39, 0.29) is 5.82 Å². The van der Waals surface area contributed by atoms with Crippen LogP contribution in [0.25, 0.3) is 0 Å². The van der Waals surface area contributed by atoms with Gasteiger partial charge >= 0.3 is 0 Å². The SMILES string of the molecule is C[Si](C)(C)CC(O)(CBr)c1ccccc1F. The van der Waals surface area contributed by atoms with E-state index >= 15 is 0 Å². The van der Waals surface area contributed by atoms with Crippen molar-refractivity contribution in [2.45, 2.75) is 31.3 Å². The molecule has 0 aliphatic rings. The number of aliphatic hydroxyl groups is 1. The second-order valence-corrected chi connectivity index (χ2v) is 11.4. The summed E-state index contributed by atoms with van der Waals surface area (Å²) in [6, 6.07) is 7.11. The average molecular weight is 305 g/mol. The first-order valence-electron chi connectivity index (χ1n) is 5.32. The zero-order chi connectivity index (χ0) is 12.4. The van der Waals surface area contributed by atoms with Crippen LogP contribution in [0.5, 0.6) is 0 Å². The molecule has 0 bridgehead atoms. The number of hydrogen-bond donors (Lipinski definition) is 1. The Labute approximate surface area is 106 Å². The summed E-state index contributed by atoms with van der Waals surface area (Å²) in [7, 11) is -1.47. The first kappa shape index (κ1) is 13.9. The molecule has 1 aromatic rings. The lowest BCUT2D eigenvalue weighted by molar-refractivity contribution is 0.0796. The maximum Gasteiger partial charge on any atom is 0.129 e. The standard InChI is InChI=1S/C12H18BrFOSi/c1-16(2,3)9-12(15,8-13)10-6-4-5-7-11(10)14/h4-7,15H,8-9H2,1-3H3. The molecule has 0 saturated carbocycles. The highest BCUT2D eigenvalue weighted by molar-refractivity contribution is 9.09. The Balaban J connectivity index is 3.10. The van der Waals surface area contributed by atoms with Gasteiger partial charge in [-0.2, -0.15) is 0 Å². The number of rotatable bonds is 4. The van der Waals surface area contributed by atoms with Crippen molar-refractivity contribution >= 4 is 24.0 Å². The fraction of sp³-hybridized carbons (Fsp3) is 0.500. The average Bonchev–Trinajstić information content (AvgIpc) is 2.15. The highest BCUT2D eigenvalue weighted by Crippen LogP contribution is 2.34. The molecule has 1 rings (SSSR count). The van der Waals surface area contributed by atoms with E-state index in [0.717, 1.165) is 0 Å². The third kappa shape index (κ3) is 3.40. The molecule has 0 saturated heterocycles. The molecule has 0 aromatic heterocycles. The van der Waals surface area contributed by atoms with Crippen LogP contribution >= 0.6 is 15.9 Å². The summed E-state index contributed by atoms with van der Waals surface area (Å²) in [5.74, 6) is -0.331. The van der Waals surface area contributed by atoms with E-state index in [4.69, 9.17) is 0 Å². The van der Waals surface area contributed by atoms with Gasteiger partial charge in [-0.25, -0.2) is 4.39 Å². The molecule has 1 nitrogen and oxygen atoms in total. The Hall–Kier alpha value is -0.193. The Bertz CT molecular complexity index is 364. The molecule has 1 unspecified atom stereocenters. The van der Waals surface area contributed by atoms with E-state index in [1.807, 2.05) is 0 Å². The molecule has 90 valence electrons. The van der Waals surface area contributed by atoms with Gasteiger partial charge in [-0.1, -0.05) is 53.8 Å². The summed E-state index contributed by atoms with van der Waals surface area (Å²) in [4.78, 5) is 0. The molecule has 0 amide bonds. The lowest BCUT2D eigenvalue weighted by Crippen LogP contribution is -2.38. The van der Waals surface area contributed by atoms with Crippen molar-refractivity contribution in [1.29, 1.82) is 0 Å². The number of alkyl halides is 1. The van der Waals surface area contributed by atoms with Crippen molar-refractivity contribution in [2.24, 2.45) is 0 Å². The Kier molecular flexibility index (Phi) is 4.32. The van der Waals surface area contributed by atoms with Crippen LogP contribution in [0.2, 0.25) is 25.7 Å². The molecule has 0 radical (unpaired) electrons. The van der Waals surface area contributed by atoms with Gasteiger partial charge in [-0.3, -0.25) is 0 Å². The lowest BCUT2D eigenvalue weighted by atomic mass is 9.97. The first-order valence-corrected chi connectivity index (χ1v) is 10.1. The van der Waals surface area contributed by atoms with Gasteiger partial charge in [0.25, 0.3) is 0 Å². The van der Waals surface area contributed by atoms with Crippen molar-refractivity contribution in [3.63, 3.8) is 0 Å². The minimum absolute atomic E-state index is 0.331. The molecule has 1 N–H and O–H groups in total. The Morgan fingerprint density at radius 1 is 1.31 bits per heavy atom. The number of hydrogen-bond acceptors (Lipinski definition) is 1. The summed E-state index contributed by atoms with van der Waals surface area (Å²) in [5.41, 5.74) is -0.690.